The molecule has 1 unspecified atom stereocenters. The Hall–Kier alpha value is -2.84. The Labute approximate surface area is 153 Å². The molecule has 27 heavy (non-hydrogen) atoms. The van der Waals surface area contributed by atoms with Crippen LogP contribution in [0.1, 0.15) is 28.2 Å². The van der Waals surface area contributed by atoms with Gasteiger partial charge in [0.1, 0.15) is 0 Å². The number of nitrogens with zero attached hydrogens (tertiary/aromatic N) is 3. The van der Waals surface area contributed by atoms with Crippen LogP contribution in [0.15, 0.2) is 30.3 Å². The van der Waals surface area contributed by atoms with Crippen LogP contribution >= 0.6 is 0 Å². The summed E-state index contributed by atoms with van der Waals surface area (Å²) in [6, 6.07) is 9.02. The predicted molar refractivity (Wildman–Crippen MR) is 89.7 cm³/mol. The van der Waals surface area contributed by atoms with Gasteiger partial charge >= 0.3 is 12.1 Å². The standard InChI is InChI=1S/C18H18F3N3O3/c1-11-14(12(2)24(22-11)13-6-4-3-5-7-13)15(25)23-9-8-17(10-23,16(26)27)18(19,20)21/h3-7H,8-10H2,1-2H3,(H,26,27). The molecule has 2 aromatic rings. The molecule has 0 aliphatic carbocycles. The summed E-state index contributed by atoms with van der Waals surface area (Å²) in [4.78, 5) is 25.2. The molecule has 0 radical (unpaired) electrons. The van der Waals surface area contributed by atoms with Gasteiger partial charge in [0.15, 0.2) is 5.41 Å². The predicted octanol–water partition coefficient (Wildman–Crippen LogP) is 2.97. The number of aromatic nitrogens is 2. The molecular formula is C18H18F3N3O3. The lowest BCUT2D eigenvalue weighted by Crippen LogP contribution is -2.47. The smallest absolute Gasteiger partial charge is 0.406 e. The van der Waals surface area contributed by atoms with Gasteiger partial charge in [0.05, 0.1) is 22.6 Å². The Morgan fingerprint density at radius 1 is 1.19 bits per heavy atom. The van der Waals surface area contributed by atoms with E-state index in [2.05, 4.69) is 5.10 Å². The fourth-order valence-electron chi connectivity index (χ4n) is 3.44. The number of alkyl halides is 3. The third kappa shape index (κ3) is 2.96. The number of para-hydroxylation sites is 1. The highest BCUT2D eigenvalue weighted by Gasteiger charge is 2.64. The number of rotatable bonds is 3. The summed E-state index contributed by atoms with van der Waals surface area (Å²) in [7, 11) is 0. The van der Waals surface area contributed by atoms with Crippen molar-refractivity contribution in [1.82, 2.24) is 14.7 Å². The van der Waals surface area contributed by atoms with Crippen molar-refractivity contribution in [2.45, 2.75) is 26.4 Å². The molecule has 9 heteroatoms. The Bertz CT molecular complexity index is 892. The molecule has 0 saturated carbocycles. The van der Waals surface area contributed by atoms with E-state index in [-0.39, 0.29) is 12.1 Å². The number of likely N-dealkylation sites (tertiary alicyclic amines) is 1. The van der Waals surface area contributed by atoms with E-state index in [0.717, 1.165) is 4.90 Å². The Morgan fingerprint density at radius 3 is 2.33 bits per heavy atom. The van der Waals surface area contributed by atoms with Gasteiger partial charge in [-0.05, 0) is 32.4 Å². The third-order valence-electron chi connectivity index (χ3n) is 5.01. The van der Waals surface area contributed by atoms with Crippen molar-refractivity contribution in [3.63, 3.8) is 0 Å². The number of aliphatic carboxylic acids is 1. The molecule has 144 valence electrons. The molecule has 0 spiro atoms. The normalized spacial score (nSPS) is 20.1. The maximum Gasteiger partial charge on any atom is 0.406 e. The molecule has 6 nitrogen and oxygen atoms in total. The largest absolute Gasteiger partial charge is 0.481 e. The fourth-order valence-corrected chi connectivity index (χ4v) is 3.44. The van der Waals surface area contributed by atoms with Crippen LogP contribution in [-0.2, 0) is 4.79 Å². The van der Waals surface area contributed by atoms with E-state index in [9.17, 15) is 22.8 Å². The van der Waals surface area contributed by atoms with Crippen LogP contribution in [0.4, 0.5) is 13.2 Å². The van der Waals surface area contributed by atoms with Crippen LogP contribution in [-0.4, -0.2) is 50.9 Å². The number of amides is 1. The van der Waals surface area contributed by atoms with Gasteiger partial charge in [-0.1, -0.05) is 18.2 Å². The van der Waals surface area contributed by atoms with E-state index in [1.165, 1.54) is 0 Å². The number of carboxylic acid groups (broad SMARTS) is 1. The molecule has 1 aromatic heterocycles. The second kappa shape index (κ2) is 6.40. The highest BCUT2D eigenvalue weighted by atomic mass is 19.4. The minimum absolute atomic E-state index is 0.196. The maximum absolute atomic E-state index is 13.4. The van der Waals surface area contributed by atoms with Crippen LogP contribution < -0.4 is 0 Å². The second-order valence-corrected chi connectivity index (χ2v) is 6.65. The minimum Gasteiger partial charge on any atom is -0.481 e. The van der Waals surface area contributed by atoms with Crippen LogP contribution in [0, 0.1) is 19.3 Å². The van der Waals surface area contributed by atoms with Crippen molar-refractivity contribution >= 4 is 11.9 Å². The van der Waals surface area contributed by atoms with Crippen LogP contribution in [0.3, 0.4) is 0 Å². The lowest BCUT2D eigenvalue weighted by molar-refractivity contribution is -0.227. The van der Waals surface area contributed by atoms with Gasteiger partial charge in [0.2, 0.25) is 0 Å². The maximum atomic E-state index is 13.4. The van der Waals surface area contributed by atoms with Crippen molar-refractivity contribution in [2.75, 3.05) is 13.1 Å². The van der Waals surface area contributed by atoms with Crippen molar-refractivity contribution in [3.05, 3.63) is 47.3 Å². The SMILES string of the molecule is Cc1nn(-c2ccccc2)c(C)c1C(=O)N1CCC(C(=O)O)(C(F)(F)F)C1. The van der Waals surface area contributed by atoms with Gasteiger partial charge in [-0.15, -0.1) is 0 Å². The van der Waals surface area contributed by atoms with E-state index in [1.54, 1.807) is 42.8 Å². The van der Waals surface area contributed by atoms with Gasteiger partial charge in [0, 0.05) is 13.1 Å². The van der Waals surface area contributed by atoms with Gasteiger partial charge in [-0.25, -0.2) is 4.68 Å². The summed E-state index contributed by atoms with van der Waals surface area (Å²) >= 11 is 0. The first kappa shape index (κ1) is 18.9. The number of carbonyl (C=O) groups is 2. The number of halogens is 3. The number of hydrogen-bond acceptors (Lipinski definition) is 3. The molecule has 1 amide bonds. The molecule has 1 atom stereocenters. The first-order valence-corrected chi connectivity index (χ1v) is 8.29. The first-order valence-electron chi connectivity index (χ1n) is 8.29. The monoisotopic (exact) mass is 381 g/mol. The second-order valence-electron chi connectivity index (χ2n) is 6.65. The summed E-state index contributed by atoms with van der Waals surface area (Å²) in [5, 5.41) is 13.5. The van der Waals surface area contributed by atoms with E-state index in [1.807, 2.05) is 6.07 Å². The van der Waals surface area contributed by atoms with Crippen molar-refractivity contribution in [1.29, 1.82) is 0 Å². The summed E-state index contributed by atoms with van der Waals surface area (Å²) in [5.74, 6) is -2.60. The van der Waals surface area contributed by atoms with Gasteiger partial charge in [-0.3, -0.25) is 9.59 Å². The summed E-state index contributed by atoms with van der Waals surface area (Å²) in [5.41, 5.74) is -1.15. The quantitative estimate of drug-likeness (QED) is 0.887. The van der Waals surface area contributed by atoms with Crippen LogP contribution in [0.2, 0.25) is 0 Å². The number of hydrogen-bond donors (Lipinski definition) is 1. The molecule has 0 bridgehead atoms. The molecular weight excluding hydrogens is 363 g/mol. The third-order valence-corrected chi connectivity index (χ3v) is 5.01. The molecule has 1 fully saturated rings. The Balaban J connectivity index is 1.94. The summed E-state index contributed by atoms with van der Waals surface area (Å²) in [6.07, 6.45) is -5.60. The summed E-state index contributed by atoms with van der Waals surface area (Å²) < 4.78 is 41.6. The van der Waals surface area contributed by atoms with E-state index < -0.39 is 36.4 Å². The average molecular weight is 381 g/mol. The lowest BCUT2D eigenvalue weighted by Gasteiger charge is -2.27. The van der Waals surface area contributed by atoms with Crippen LogP contribution in [0.25, 0.3) is 5.69 Å². The molecule has 1 aliphatic heterocycles. The van der Waals surface area contributed by atoms with Gasteiger partial charge in [0.25, 0.3) is 5.91 Å². The molecule has 1 saturated heterocycles. The Morgan fingerprint density at radius 2 is 1.81 bits per heavy atom. The van der Waals surface area contributed by atoms with E-state index in [0.29, 0.717) is 17.1 Å². The molecule has 3 rings (SSSR count). The van der Waals surface area contributed by atoms with E-state index >= 15 is 0 Å². The zero-order valence-corrected chi connectivity index (χ0v) is 14.7. The highest BCUT2D eigenvalue weighted by molar-refractivity contribution is 5.97. The molecule has 1 aliphatic rings. The first-order chi connectivity index (χ1) is 12.6. The lowest BCUT2D eigenvalue weighted by atomic mass is 9.86. The number of carbonyl (C=O) groups excluding carboxylic acids is 1. The highest BCUT2D eigenvalue weighted by Crippen LogP contribution is 2.46. The van der Waals surface area contributed by atoms with Gasteiger partial charge in [-0.2, -0.15) is 18.3 Å². The summed E-state index contributed by atoms with van der Waals surface area (Å²) in [6.45, 7) is 2.08. The average Bonchev–Trinajstić information content (AvgIpc) is 3.18. The zero-order valence-electron chi connectivity index (χ0n) is 14.7. The fraction of sp³-hybridized carbons (Fsp3) is 0.389. The zero-order chi connectivity index (χ0) is 20.0. The van der Waals surface area contributed by atoms with Crippen molar-refractivity contribution < 1.29 is 27.9 Å². The Kier molecular flexibility index (Phi) is 4.49. The number of carboxylic acids is 1. The molecule has 2 heterocycles. The minimum atomic E-state index is -4.94. The number of benzene rings is 1. The van der Waals surface area contributed by atoms with Crippen molar-refractivity contribution in [3.8, 4) is 5.69 Å². The molecule has 1 N–H and O–H groups in total. The van der Waals surface area contributed by atoms with E-state index in [4.69, 9.17) is 5.11 Å². The van der Waals surface area contributed by atoms with Crippen LogP contribution in [0.5, 0.6) is 0 Å². The molecule has 1 aromatic carbocycles. The van der Waals surface area contributed by atoms with Gasteiger partial charge < -0.3 is 10.0 Å². The van der Waals surface area contributed by atoms with Crippen molar-refractivity contribution in [2.24, 2.45) is 5.41 Å². The number of aryl methyl sites for hydroxylation is 1. The topological polar surface area (TPSA) is 75.4 Å².